The van der Waals surface area contributed by atoms with Crippen molar-refractivity contribution in [2.75, 3.05) is 154 Å². The van der Waals surface area contributed by atoms with Crippen LogP contribution in [0.1, 0.15) is 107 Å². The Balaban J connectivity index is 0.000000137. The maximum atomic E-state index is 12.5. The third-order valence-corrected chi connectivity index (χ3v) is 25.9. The number of ether oxygens (including phenoxy) is 6. The third-order valence-electron chi connectivity index (χ3n) is 25.9. The van der Waals surface area contributed by atoms with E-state index in [0.29, 0.717) is 154 Å². The molecule has 0 bridgehead atoms. The van der Waals surface area contributed by atoms with E-state index in [-0.39, 0.29) is 73.8 Å². The lowest BCUT2D eigenvalue weighted by Crippen LogP contribution is -2.56. The largest absolute Gasteiger partial charge is 0.462 e. The predicted octanol–water partition coefficient (Wildman–Crippen LogP) is 12.1. The summed E-state index contributed by atoms with van der Waals surface area (Å²) in [6, 6.07) is 45.6. The zero-order chi connectivity index (χ0) is 85.0. The lowest BCUT2D eigenvalue weighted by molar-refractivity contribution is -0.129. The first-order chi connectivity index (χ1) is 60.2. The summed E-state index contributed by atoms with van der Waals surface area (Å²) in [7, 11) is 6.40. The normalized spacial score (nSPS) is 22.8. The number of carbonyl (C=O) groups excluding carboxylic acids is 3. The summed E-state index contributed by atoms with van der Waals surface area (Å²) in [5, 5.41) is 7.11. The van der Waals surface area contributed by atoms with Crippen LogP contribution in [0.5, 0.6) is 18.0 Å². The fourth-order valence-corrected chi connectivity index (χ4v) is 19.1. The minimum absolute atomic E-state index is 0.137. The molecule has 6 fully saturated rings. The van der Waals surface area contributed by atoms with Crippen molar-refractivity contribution in [2.45, 2.75) is 132 Å². The SMILES string of the molecule is [C-]#[N+]C[C@H]1CN(c2nc(OC[C@@H]3CCCN3C)nc3c2COC(c2cccc4ccccc24)C3)CCN1C(=O)C=C.[C-]#[N+]C[C@H]1CN(c2nc(OC[C@@H]3CCCN3C)nc3c2CO[C@@H](c2cccc4ccccc24)C3)CCN1C(=O)C=C.[C-]#[N+]C[C@H]1CN(c2nc(OC[C@@H]3CCCN3C)nc3c2CO[C@H](c2cccc4ccccc24)C3)CCN1C(=O)C=C. The van der Waals surface area contributed by atoms with Gasteiger partial charge in [-0.25, -0.2) is 19.7 Å². The van der Waals surface area contributed by atoms with Crippen LogP contribution < -0.4 is 28.9 Å². The minimum Gasteiger partial charge on any atom is -0.462 e. The minimum atomic E-state index is -0.248. The number of likely N-dealkylation sites (N-methyl/N-ethyl adjacent to an activating group) is 3. The first-order valence-corrected chi connectivity index (χ1v) is 43.2. The molecule has 0 N–H and O–H groups in total. The molecular formula is C96H108N18O9. The highest BCUT2D eigenvalue weighted by Gasteiger charge is 2.41. The maximum Gasteiger partial charge on any atom is 0.318 e. The molecule has 9 aromatic rings. The van der Waals surface area contributed by atoms with Crippen LogP contribution in [-0.2, 0) is 67.7 Å². The molecule has 0 aliphatic carbocycles. The Morgan fingerprint density at radius 1 is 0.390 bits per heavy atom. The maximum absolute atomic E-state index is 12.5. The number of anilines is 3. The molecule has 0 radical (unpaired) electrons. The van der Waals surface area contributed by atoms with Gasteiger partial charge < -0.3 is 87.1 Å². The molecule has 9 atom stereocenters. The van der Waals surface area contributed by atoms with Gasteiger partial charge in [-0.05, 0) is 147 Å². The van der Waals surface area contributed by atoms with Crippen LogP contribution >= 0.6 is 0 Å². The highest BCUT2D eigenvalue weighted by Crippen LogP contribution is 2.43. The Kier molecular flexibility index (Phi) is 26.8. The zero-order valence-electron chi connectivity index (χ0n) is 70.6. The number of benzene rings is 6. The molecule has 3 aromatic heterocycles. The van der Waals surface area contributed by atoms with Gasteiger partial charge in [0.15, 0.2) is 0 Å². The third kappa shape index (κ3) is 18.8. The highest BCUT2D eigenvalue weighted by molar-refractivity contribution is 5.90. The first-order valence-electron chi connectivity index (χ1n) is 43.2. The first kappa shape index (κ1) is 84.6. The van der Waals surface area contributed by atoms with E-state index in [4.69, 9.17) is 78.0 Å². The fraction of sp³-hybridized carbons (Fsp3) is 0.438. The zero-order valence-corrected chi connectivity index (χ0v) is 70.6. The van der Waals surface area contributed by atoms with Crippen LogP contribution in [0.25, 0.3) is 46.9 Å². The molecule has 636 valence electrons. The van der Waals surface area contributed by atoms with E-state index in [1.807, 2.05) is 0 Å². The molecule has 18 rings (SSSR count). The summed E-state index contributed by atoms with van der Waals surface area (Å²) in [6.07, 6.45) is 12.2. The molecule has 27 heteroatoms. The average Bonchev–Trinajstić information content (AvgIpc) is 1.75. The molecule has 9 aliphatic rings. The molecule has 1 unspecified atom stereocenters. The van der Waals surface area contributed by atoms with E-state index in [1.54, 1.807) is 14.7 Å². The van der Waals surface area contributed by atoms with Crippen molar-refractivity contribution in [3.63, 3.8) is 0 Å². The lowest BCUT2D eigenvalue weighted by atomic mass is 9.94. The van der Waals surface area contributed by atoms with Crippen LogP contribution in [-0.4, -0.2) is 252 Å². The second-order valence-electron chi connectivity index (χ2n) is 33.3. The number of piperazine rings is 3. The molecular weight excluding hydrogens is 1550 g/mol. The van der Waals surface area contributed by atoms with Gasteiger partial charge in [0.25, 0.3) is 0 Å². The van der Waals surface area contributed by atoms with E-state index < -0.39 is 0 Å². The van der Waals surface area contributed by atoms with Gasteiger partial charge in [-0.15, -0.1) is 0 Å². The van der Waals surface area contributed by atoms with Crippen molar-refractivity contribution in [1.29, 1.82) is 0 Å². The highest BCUT2D eigenvalue weighted by atomic mass is 16.5. The van der Waals surface area contributed by atoms with Crippen molar-refractivity contribution < 1.29 is 42.8 Å². The van der Waals surface area contributed by atoms with Gasteiger partial charge in [0.05, 0.1) is 55.2 Å². The molecule has 6 saturated heterocycles. The standard InChI is InChI=1S/3C32H36N6O3/c3*1-4-30(39)38-16-15-37(19-24(38)18-33-2)31-27-21-40-29(26-13-7-10-22-9-5-6-12-25(22)26)17-28(27)34-32(35-31)41-20-23-11-8-14-36(23)3/h3*4-7,9-10,12-13,23-24,29H,1,8,11,14-21H2,3H3/t23-,24-,29?;23-,24-,29+;23-,24-,29-/m000/s1. The number of hydrogen-bond acceptors (Lipinski definition) is 21. The molecule has 12 heterocycles. The van der Waals surface area contributed by atoms with Gasteiger partial charge in [-0.2, -0.15) is 29.9 Å². The molecule has 6 aromatic carbocycles. The summed E-state index contributed by atoms with van der Waals surface area (Å²) < 4.78 is 38.3. The van der Waals surface area contributed by atoms with Gasteiger partial charge in [0, 0.05) is 113 Å². The Labute approximate surface area is 719 Å². The van der Waals surface area contributed by atoms with Gasteiger partial charge in [0.2, 0.25) is 37.4 Å². The van der Waals surface area contributed by atoms with Crippen molar-refractivity contribution in [3.05, 3.63) is 250 Å². The van der Waals surface area contributed by atoms with Gasteiger partial charge in [-0.3, -0.25) is 14.4 Å². The Morgan fingerprint density at radius 3 is 0.943 bits per heavy atom. The van der Waals surface area contributed by atoms with E-state index in [2.05, 4.69) is 212 Å². The predicted molar refractivity (Wildman–Crippen MR) is 473 cm³/mol. The monoisotopic (exact) mass is 1660 g/mol. The Bertz CT molecular complexity index is 4970. The number of hydrogen-bond donors (Lipinski definition) is 0. The number of fused-ring (bicyclic) bond motifs is 6. The van der Waals surface area contributed by atoms with E-state index >= 15 is 0 Å². The Morgan fingerprint density at radius 2 is 0.675 bits per heavy atom. The molecule has 3 amide bonds. The van der Waals surface area contributed by atoms with E-state index in [0.717, 1.165) is 107 Å². The summed E-state index contributed by atoms with van der Waals surface area (Å²) >= 11 is 0. The second-order valence-corrected chi connectivity index (χ2v) is 33.3. The quantitative estimate of drug-likeness (QED) is 0.0481. The summed E-state index contributed by atoms with van der Waals surface area (Å²) in [5.41, 5.74) is 9.11. The number of aromatic nitrogens is 6. The van der Waals surface area contributed by atoms with Crippen molar-refractivity contribution in [2.24, 2.45) is 0 Å². The molecule has 0 saturated carbocycles. The fourth-order valence-electron chi connectivity index (χ4n) is 19.1. The van der Waals surface area contributed by atoms with Crippen molar-refractivity contribution in [1.82, 2.24) is 59.3 Å². The van der Waals surface area contributed by atoms with Gasteiger partial charge in [-0.1, -0.05) is 147 Å². The number of amides is 3. The van der Waals surface area contributed by atoms with Gasteiger partial charge in [0.1, 0.15) is 55.4 Å². The van der Waals surface area contributed by atoms with Crippen LogP contribution in [0.3, 0.4) is 0 Å². The van der Waals surface area contributed by atoms with Crippen molar-refractivity contribution in [3.8, 4) is 18.0 Å². The number of rotatable bonds is 21. The number of nitrogens with zero attached hydrogens (tertiary/aromatic N) is 18. The summed E-state index contributed by atoms with van der Waals surface area (Å²) in [5.74, 6) is 1.91. The van der Waals surface area contributed by atoms with Crippen LogP contribution in [0.15, 0.2) is 165 Å². The van der Waals surface area contributed by atoms with Gasteiger partial charge >= 0.3 is 18.0 Å². The average molecular weight is 1660 g/mol. The van der Waals surface area contributed by atoms with Crippen LogP contribution in [0.4, 0.5) is 17.5 Å². The van der Waals surface area contributed by atoms with E-state index in [9.17, 15) is 14.4 Å². The summed E-state index contributed by atoms with van der Waals surface area (Å²) in [4.78, 5) is 96.6. The van der Waals surface area contributed by atoms with Crippen LogP contribution in [0.2, 0.25) is 0 Å². The summed E-state index contributed by atoms with van der Waals surface area (Å²) in [6.45, 7) is 44.8. The Hall–Kier alpha value is -12.0. The van der Waals surface area contributed by atoms with E-state index in [1.165, 1.54) is 69.8 Å². The molecule has 123 heavy (non-hydrogen) atoms. The lowest BCUT2D eigenvalue weighted by Gasteiger charge is -2.40. The van der Waals surface area contributed by atoms with Crippen LogP contribution in [0, 0.1) is 19.7 Å². The van der Waals surface area contributed by atoms with Crippen molar-refractivity contribution >= 4 is 67.5 Å². The number of carbonyl (C=O) groups is 3. The smallest absolute Gasteiger partial charge is 0.318 e. The number of likely N-dealkylation sites (tertiary alicyclic amines) is 3. The molecule has 27 nitrogen and oxygen atoms in total. The second kappa shape index (κ2) is 39.0. The molecule has 0 spiro atoms. The molecule has 9 aliphatic heterocycles. The topological polar surface area (TPSA) is 226 Å².